The lowest BCUT2D eigenvalue weighted by Gasteiger charge is -2.23. The molecule has 0 heterocycles. The van der Waals surface area contributed by atoms with Crippen LogP contribution in [0.4, 0.5) is 5.69 Å². The van der Waals surface area contributed by atoms with Crippen LogP contribution in [0.3, 0.4) is 0 Å². The molecule has 0 saturated carbocycles. The molecule has 1 amide bonds. The first-order valence-electron chi connectivity index (χ1n) is 8.54. The van der Waals surface area contributed by atoms with Crippen LogP contribution < -0.4 is 9.62 Å². The van der Waals surface area contributed by atoms with Gasteiger partial charge in [0.05, 0.1) is 11.9 Å². The zero-order chi connectivity index (χ0) is 19.3. The Balaban J connectivity index is 2.08. The molecule has 5 nitrogen and oxygen atoms in total. The minimum atomic E-state index is -3.56. The Morgan fingerprint density at radius 2 is 1.65 bits per heavy atom. The standard InChI is InChI=1S/C20H26N2O3S/c1-15-10-16(2)12-19(11-15)22(26(4,24)25)14-20(23)21-13-17(3)18-8-6-5-7-9-18/h5-12,17H,13-14H2,1-4H3,(H,21,23)/t17-/m1/s1. The van der Waals surface area contributed by atoms with E-state index in [0.717, 1.165) is 27.3 Å². The Morgan fingerprint density at radius 1 is 1.08 bits per heavy atom. The van der Waals surface area contributed by atoms with Gasteiger partial charge in [0, 0.05) is 6.54 Å². The molecule has 6 heteroatoms. The number of benzene rings is 2. The topological polar surface area (TPSA) is 66.5 Å². The van der Waals surface area contributed by atoms with E-state index < -0.39 is 10.0 Å². The molecule has 2 aromatic carbocycles. The largest absolute Gasteiger partial charge is 0.354 e. The number of carbonyl (C=O) groups excluding carboxylic acids is 1. The summed E-state index contributed by atoms with van der Waals surface area (Å²) in [5.41, 5.74) is 3.54. The van der Waals surface area contributed by atoms with Crippen LogP contribution in [0.5, 0.6) is 0 Å². The van der Waals surface area contributed by atoms with Gasteiger partial charge in [-0.15, -0.1) is 0 Å². The van der Waals surface area contributed by atoms with Gasteiger partial charge in [0.2, 0.25) is 15.9 Å². The number of amides is 1. The van der Waals surface area contributed by atoms with Gasteiger partial charge < -0.3 is 5.32 Å². The average molecular weight is 375 g/mol. The van der Waals surface area contributed by atoms with Crippen molar-refractivity contribution in [3.8, 4) is 0 Å². The van der Waals surface area contributed by atoms with Crippen molar-refractivity contribution in [3.05, 3.63) is 65.2 Å². The maximum absolute atomic E-state index is 12.4. The van der Waals surface area contributed by atoms with Crippen molar-refractivity contribution in [2.75, 3.05) is 23.7 Å². The lowest BCUT2D eigenvalue weighted by Crippen LogP contribution is -2.41. The lowest BCUT2D eigenvalue weighted by molar-refractivity contribution is -0.119. The number of anilines is 1. The number of hydrogen-bond acceptors (Lipinski definition) is 3. The second-order valence-corrected chi connectivity index (χ2v) is 8.64. The molecule has 140 valence electrons. The smallest absolute Gasteiger partial charge is 0.240 e. The number of hydrogen-bond donors (Lipinski definition) is 1. The lowest BCUT2D eigenvalue weighted by atomic mass is 10.0. The SMILES string of the molecule is Cc1cc(C)cc(N(CC(=O)NC[C@@H](C)c2ccccc2)S(C)(=O)=O)c1. The predicted octanol–water partition coefficient (Wildman–Crippen LogP) is 2.99. The van der Waals surface area contributed by atoms with Crippen LogP contribution in [0.2, 0.25) is 0 Å². The first kappa shape index (κ1) is 20.0. The summed E-state index contributed by atoms with van der Waals surface area (Å²) in [6.07, 6.45) is 1.12. The van der Waals surface area contributed by atoms with E-state index in [4.69, 9.17) is 0 Å². The minimum Gasteiger partial charge on any atom is -0.354 e. The molecule has 1 atom stereocenters. The van der Waals surface area contributed by atoms with Gasteiger partial charge in [0.25, 0.3) is 0 Å². The molecular weight excluding hydrogens is 348 g/mol. The van der Waals surface area contributed by atoms with Crippen molar-refractivity contribution >= 4 is 21.6 Å². The maximum Gasteiger partial charge on any atom is 0.240 e. The van der Waals surface area contributed by atoms with Crippen molar-refractivity contribution in [3.63, 3.8) is 0 Å². The summed E-state index contributed by atoms with van der Waals surface area (Å²) in [6, 6.07) is 15.4. The Morgan fingerprint density at radius 3 is 2.19 bits per heavy atom. The zero-order valence-corrected chi connectivity index (χ0v) is 16.5. The third kappa shape index (κ3) is 5.59. The van der Waals surface area contributed by atoms with Gasteiger partial charge in [-0.05, 0) is 48.6 Å². The minimum absolute atomic E-state index is 0.146. The monoisotopic (exact) mass is 374 g/mol. The fourth-order valence-electron chi connectivity index (χ4n) is 2.85. The predicted molar refractivity (Wildman–Crippen MR) is 106 cm³/mol. The normalized spacial score (nSPS) is 12.5. The summed E-state index contributed by atoms with van der Waals surface area (Å²) in [7, 11) is -3.56. The second kappa shape index (κ2) is 8.36. The number of nitrogens with zero attached hydrogens (tertiary/aromatic N) is 1. The van der Waals surface area contributed by atoms with Crippen LogP contribution in [0.15, 0.2) is 48.5 Å². The molecule has 0 bridgehead atoms. The van der Waals surface area contributed by atoms with Gasteiger partial charge in [0.1, 0.15) is 6.54 Å². The van der Waals surface area contributed by atoms with E-state index in [1.54, 1.807) is 12.1 Å². The van der Waals surface area contributed by atoms with Crippen molar-refractivity contribution in [1.29, 1.82) is 0 Å². The van der Waals surface area contributed by atoms with E-state index in [1.165, 1.54) is 0 Å². The molecule has 0 aromatic heterocycles. The Kier molecular flexibility index (Phi) is 6.42. The molecule has 0 aliphatic rings. The van der Waals surface area contributed by atoms with Crippen molar-refractivity contribution in [1.82, 2.24) is 5.32 Å². The van der Waals surface area contributed by atoms with Crippen LogP contribution in [-0.4, -0.2) is 33.7 Å². The first-order chi connectivity index (χ1) is 12.2. The molecule has 0 fully saturated rings. The molecular formula is C20H26N2O3S. The highest BCUT2D eigenvalue weighted by Crippen LogP contribution is 2.21. The van der Waals surface area contributed by atoms with Crippen LogP contribution in [-0.2, 0) is 14.8 Å². The number of aryl methyl sites for hydroxylation is 2. The number of rotatable bonds is 7. The van der Waals surface area contributed by atoms with Crippen molar-refractivity contribution < 1.29 is 13.2 Å². The first-order valence-corrected chi connectivity index (χ1v) is 10.4. The van der Waals surface area contributed by atoms with Gasteiger partial charge >= 0.3 is 0 Å². The molecule has 0 aliphatic carbocycles. The Bertz CT molecular complexity index is 844. The second-order valence-electron chi connectivity index (χ2n) is 6.73. The number of carbonyl (C=O) groups is 1. The van der Waals surface area contributed by atoms with Crippen LogP contribution >= 0.6 is 0 Å². The number of nitrogens with one attached hydrogen (secondary N) is 1. The van der Waals surface area contributed by atoms with Gasteiger partial charge in [-0.3, -0.25) is 9.10 Å². The zero-order valence-electron chi connectivity index (χ0n) is 15.7. The summed E-state index contributed by atoms with van der Waals surface area (Å²) in [5, 5.41) is 2.84. The van der Waals surface area contributed by atoms with E-state index >= 15 is 0 Å². The molecule has 0 aliphatic heterocycles. The molecule has 2 rings (SSSR count). The van der Waals surface area contributed by atoms with E-state index in [2.05, 4.69) is 5.32 Å². The molecule has 2 aromatic rings. The third-order valence-electron chi connectivity index (χ3n) is 4.16. The van der Waals surface area contributed by atoms with Gasteiger partial charge in [-0.25, -0.2) is 8.42 Å². The average Bonchev–Trinajstić information content (AvgIpc) is 2.56. The Labute approximate surface area is 156 Å². The quantitative estimate of drug-likeness (QED) is 0.810. The van der Waals surface area contributed by atoms with Crippen molar-refractivity contribution in [2.24, 2.45) is 0 Å². The highest BCUT2D eigenvalue weighted by atomic mass is 32.2. The molecule has 1 N–H and O–H groups in total. The van der Waals surface area contributed by atoms with E-state index in [9.17, 15) is 13.2 Å². The summed E-state index contributed by atoms with van der Waals surface area (Å²) in [6.45, 7) is 6.04. The van der Waals surface area contributed by atoms with Gasteiger partial charge in [-0.2, -0.15) is 0 Å². The molecule has 26 heavy (non-hydrogen) atoms. The van der Waals surface area contributed by atoms with E-state index in [-0.39, 0.29) is 18.4 Å². The molecule has 0 radical (unpaired) electrons. The van der Waals surface area contributed by atoms with E-state index in [1.807, 2.05) is 57.2 Å². The Hall–Kier alpha value is -2.34. The van der Waals surface area contributed by atoms with Crippen LogP contribution in [0.25, 0.3) is 0 Å². The highest BCUT2D eigenvalue weighted by Gasteiger charge is 2.21. The third-order valence-corrected chi connectivity index (χ3v) is 5.30. The highest BCUT2D eigenvalue weighted by molar-refractivity contribution is 7.92. The van der Waals surface area contributed by atoms with E-state index in [0.29, 0.717) is 12.2 Å². The summed E-state index contributed by atoms with van der Waals surface area (Å²) in [4.78, 5) is 12.4. The summed E-state index contributed by atoms with van der Waals surface area (Å²) < 4.78 is 25.5. The molecule has 0 unspecified atom stereocenters. The summed E-state index contributed by atoms with van der Waals surface area (Å²) >= 11 is 0. The van der Waals surface area contributed by atoms with Crippen molar-refractivity contribution in [2.45, 2.75) is 26.7 Å². The fourth-order valence-corrected chi connectivity index (χ4v) is 3.69. The van der Waals surface area contributed by atoms with Crippen LogP contribution in [0.1, 0.15) is 29.5 Å². The van der Waals surface area contributed by atoms with Crippen LogP contribution in [0, 0.1) is 13.8 Å². The van der Waals surface area contributed by atoms with Gasteiger partial charge in [-0.1, -0.05) is 43.3 Å². The maximum atomic E-state index is 12.4. The summed E-state index contributed by atoms with van der Waals surface area (Å²) in [5.74, 6) is -0.176. The fraction of sp³-hybridized carbons (Fsp3) is 0.350. The van der Waals surface area contributed by atoms with Gasteiger partial charge in [0.15, 0.2) is 0 Å². The molecule has 0 saturated heterocycles. The number of sulfonamides is 1. The molecule has 0 spiro atoms.